The predicted molar refractivity (Wildman–Crippen MR) is 142 cm³/mol. The van der Waals surface area contributed by atoms with Gasteiger partial charge in [-0.25, -0.2) is 23.5 Å². The highest BCUT2D eigenvalue weighted by Gasteiger charge is 2.38. The number of hydrogen-bond donors (Lipinski definition) is 2. The molecule has 3 aromatic heterocycles. The van der Waals surface area contributed by atoms with Gasteiger partial charge in [0.1, 0.15) is 5.82 Å². The van der Waals surface area contributed by atoms with E-state index in [1.165, 1.54) is 10.9 Å². The maximum atomic E-state index is 14.1. The van der Waals surface area contributed by atoms with Crippen LogP contribution in [0, 0.1) is 11.9 Å². The van der Waals surface area contributed by atoms with E-state index in [-0.39, 0.29) is 35.0 Å². The molecule has 5 rings (SSSR count). The highest BCUT2D eigenvalue weighted by molar-refractivity contribution is 7.89. The van der Waals surface area contributed by atoms with Crippen molar-refractivity contribution in [2.45, 2.75) is 32.7 Å². The van der Waals surface area contributed by atoms with Crippen molar-refractivity contribution in [1.82, 2.24) is 24.7 Å². The molecule has 3 N–H and O–H groups in total. The number of anilines is 3. The molecular weight excluding hydrogens is 495 g/mol. The lowest BCUT2D eigenvalue weighted by Crippen LogP contribution is -2.57. The Labute approximate surface area is 214 Å². The van der Waals surface area contributed by atoms with Gasteiger partial charge in [-0.2, -0.15) is 4.39 Å². The van der Waals surface area contributed by atoms with Crippen molar-refractivity contribution < 1.29 is 12.8 Å². The molecule has 0 bridgehead atoms. The van der Waals surface area contributed by atoms with Gasteiger partial charge in [0.25, 0.3) is 0 Å². The van der Waals surface area contributed by atoms with Crippen LogP contribution in [0.15, 0.2) is 42.9 Å². The SMILES string of the molecule is CC(C)c1ccc(N2C[C@H](CS(N)(=O)=O)[C@H]2C)c2ncc(Nc3ccnc(-c4cn(C)nc4F)n3)cc12. The fourth-order valence-corrected chi connectivity index (χ4v) is 5.82. The number of benzene rings is 1. The highest BCUT2D eigenvalue weighted by atomic mass is 32.2. The molecule has 0 unspecified atom stereocenters. The van der Waals surface area contributed by atoms with Crippen LogP contribution in [0.1, 0.15) is 32.3 Å². The fraction of sp³-hybridized carbons (Fsp3) is 0.360. The summed E-state index contributed by atoms with van der Waals surface area (Å²) in [6.45, 7) is 6.86. The molecule has 2 atom stereocenters. The summed E-state index contributed by atoms with van der Waals surface area (Å²) in [7, 11) is -1.89. The van der Waals surface area contributed by atoms with E-state index in [9.17, 15) is 12.8 Å². The molecular formula is C25H29FN8O2S. The molecule has 1 aliphatic heterocycles. The Bertz CT molecular complexity index is 1590. The first kappa shape index (κ1) is 25.0. The van der Waals surface area contributed by atoms with Crippen molar-refractivity contribution in [2.24, 2.45) is 18.1 Å². The van der Waals surface area contributed by atoms with Crippen LogP contribution in [-0.2, 0) is 17.1 Å². The quantitative estimate of drug-likeness (QED) is 0.375. The summed E-state index contributed by atoms with van der Waals surface area (Å²) < 4.78 is 38.7. The first-order chi connectivity index (χ1) is 17.5. The van der Waals surface area contributed by atoms with E-state index in [2.05, 4.69) is 51.3 Å². The third-order valence-corrected chi connectivity index (χ3v) is 7.69. The van der Waals surface area contributed by atoms with Crippen LogP contribution in [0.5, 0.6) is 0 Å². The van der Waals surface area contributed by atoms with Gasteiger partial charge in [0, 0.05) is 43.3 Å². The van der Waals surface area contributed by atoms with Gasteiger partial charge in [0.15, 0.2) is 5.82 Å². The number of pyridine rings is 1. The zero-order valence-corrected chi connectivity index (χ0v) is 21.9. The molecule has 0 saturated carbocycles. The number of rotatable bonds is 7. The Kier molecular flexibility index (Phi) is 6.32. The summed E-state index contributed by atoms with van der Waals surface area (Å²) in [5.41, 5.74) is 3.90. The fourth-order valence-electron chi connectivity index (χ4n) is 4.84. The lowest BCUT2D eigenvalue weighted by molar-refractivity contribution is 0.341. The minimum Gasteiger partial charge on any atom is -0.366 e. The van der Waals surface area contributed by atoms with E-state index in [0.29, 0.717) is 12.4 Å². The average Bonchev–Trinajstić information content (AvgIpc) is 3.18. The number of halogens is 1. The molecule has 0 aliphatic carbocycles. The zero-order chi connectivity index (χ0) is 26.5. The van der Waals surface area contributed by atoms with Crippen molar-refractivity contribution in [3.05, 3.63) is 54.4 Å². The van der Waals surface area contributed by atoms with Crippen LogP contribution < -0.4 is 15.4 Å². The number of sulfonamides is 1. The molecule has 1 fully saturated rings. The summed E-state index contributed by atoms with van der Waals surface area (Å²) >= 11 is 0. The number of nitrogens with two attached hydrogens (primary N) is 1. The van der Waals surface area contributed by atoms with Crippen LogP contribution >= 0.6 is 0 Å². The molecule has 4 heterocycles. The molecule has 1 aliphatic rings. The Balaban J connectivity index is 1.47. The third kappa shape index (κ3) is 4.98. The molecule has 0 radical (unpaired) electrons. The molecule has 10 nitrogen and oxygen atoms in total. The van der Waals surface area contributed by atoms with E-state index < -0.39 is 16.0 Å². The minimum absolute atomic E-state index is 0.0209. The molecule has 4 aromatic rings. The molecule has 1 saturated heterocycles. The Morgan fingerprint density at radius 1 is 1.24 bits per heavy atom. The smallest absolute Gasteiger partial charge is 0.243 e. The van der Waals surface area contributed by atoms with Gasteiger partial charge >= 0.3 is 0 Å². The summed E-state index contributed by atoms with van der Waals surface area (Å²) in [4.78, 5) is 15.6. The van der Waals surface area contributed by atoms with E-state index in [0.717, 1.165) is 27.8 Å². The third-order valence-electron chi connectivity index (χ3n) is 6.80. The number of fused-ring (bicyclic) bond motifs is 1. The average molecular weight is 525 g/mol. The Hall–Kier alpha value is -3.64. The van der Waals surface area contributed by atoms with Gasteiger partial charge < -0.3 is 10.2 Å². The van der Waals surface area contributed by atoms with Crippen LogP contribution in [-0.4, -0.2) is 51.5 Å². The summed E-state index contributed by atoms with van der Waals surface area (Å²) in [6.07, 6.45) is 4.83. The van der Waals surface area contributed by atoms with Crippen molar-refractivity contribution >= 4 is 38.1 Å². The maximum Gasteiger partial charge on any atom is 0.243 e. The highest BCUT2D eigenvalue weighted by Crippen LogP contribution is 2.39. The molecule has 12 heteroatoms. The van der Waals surface area contributed by atoms with Crippen molar-refractivity contribution in [2.75, 3.05) is 22.5 Å². The van der Waals surface area contributed by atoms with E-state index in [1.807, 2.05) is 13.0 Å². The normalized spacial score (nSPS) is 17.9. The van der Waals surface area contributed by atoms with Gasteiger partial charge in [-0.1, -0.05) is 19.9 Å². The first-order valence-corrected chi connectivity index (χ1v) is 13.7. The zero-order valence-electron chi connectivity index (χ0n) is 21.1. The minimum atomic E-state index is -3.53. The van der Waals surface area contributed by atoms with E-state index >= 15 is 0 Å². The Morgan fingerprint density at radius 3 is 2.68 bits per heavy atom. The van der Waals surface area contributed by atoms with Crippen LogP contribution in [0.3, 0.4) is 0 Å². The molecule has 1 aromatic carbocycles. The lowest BCUT2D eigenvalue weighted by Gasteiger charge is -2.48. The van der Waals surface area contributed by atoms with Crippen molar-refractivity contribution in [1.29, 1.82) is 0 Å². The second-order valence-corrected chi connectivity index (χ2v) is 11.5. The maximum absolute atomic E-state index is 14.1. The van der Waals surface area contributed by atoms with Gasteiger partial charge in [0.2, 0.25) is 16.0 Å². The second-order valence-electron chi connectivity index (χ2n) is 9.83. The molecule has 37 heavy (non-hydrogen) atoms. The summed E-state index contributed by atoms with van der Waals surface area (Å²) in [5.74, 6) is 0.309. The number of nitrogens with one attached hydrogen (secondary N) is 1. The molecule has 0 spiro atoms. The van der Waals surface area contributed by atoms with Crippen molar-refractivity contribution in [3.8, 4) is 11.4 Å². The number of hydrogen-bond acceptors (Lipinski definition) is 8. The van der Waals surface area contributed by atoms with Crippen LogP contribution in [0.25, 0.3) is 22.3 Å². The molecule has 0 amide bonds. The second kappa shape index (κ2) is 9.34. The number of primary sulfonamides is 1. The predicted octanol–water partition coefficient (Wildman–Crippen LogP) is 3.54. The van der Waals surface area contributed by atoms with Crippen LogP contribution in [0.2, 0.25) is 0 Å². The summed E-state index contributed by atoms with van der Waals surface area (Å²) in [6, 6.07) is 7.91. The lowest BCUT2D eigenvalue weighted by atomic mass is 9.89. The van der Waals surface area contributed by atoms with Gasteiger partial charge in [0.05, 0.1) is 34.4 Å². The van der Waals surface area contributed by atoms with E-state index in [4.69, 9.17) is 10.1 Å². The number of aryl methyl sites for hydroxylation is 1. The Morgan fingerprint density at radius 2 is 2.03 bits per heavy atom. The first-order valence-electron chi connectivity index (χ1n) is 12.0. The topological polar surface area (TPSA) is 132 Å². The van der Waals surface area contributed by atoms with Gasteiger partial charge in [-0.15, -0.1) is 5.10 Å². The number of nitrogens with zero attached hydrogens (tertiary/aromatic N) is 6. The summed E-state index contributed by atoms with van der Waals surface area (Å²) in [5, 5.41) is 13.2. The molecule has 194 valence electrons. The standard InChI is InChI=1S/C25H29FN8O2S/c1-14(2)18-5-6-21(34-11-16(15(34)3)13-37(27,35)36)23-19(18)9-17(10-29-23)30-22-7-8-28-25(31-22)20-12-33(4)32-24(20)26/h5-10,12,14-16H,11,13H2,1-4H3,(H2,27,35,36)(H,28,30,31)/t15-,16-/m1/s1. The van der Waals surface area contributed by atoms with Crippen molar-refractivity contribution in [3.63, 3.8) is 0 Å². The van der Waals surface area contributed by atoms with Crippen LogP contribution in [0.4, 0.5) is 21.6 Å². The number of aromatic nitrogens is 5. The van der Waals surface area contributed by atoms with Gasteiger partial charge in [-0.05, 0) is 36.6 Å². The van der Waals surface area contributed by atoms with Gasteiger partial charge in [-0.3, -0.25) is 9.67 Å². The monoisotopic (exact) mass is 524 g/mol. The largest absolute Gasteiger partial charge is 0.366 e. The van der Waals surface area contributed by atoms with E-state index in [1.54, 1.807) is 25.5 Å².